The Bertz CT molecular complexity index is 3820. The molecule has 3 aliphatic heterocycles. The van der Waals surface area contributed by atoms with Crippen molar-refractivity contribution < 1.29 is 14.4 Å². The molecule has 7 heterocycles. The highest BCUT2D eigenvalue weighted by atomic mass is 16.2. The molecule has 512 valence electrons. The third kappa shape index (κ3) is 22.2. The van der Waals surface area contributed by atoms with Gasteiger partial charge in [-0.2, -0.15) is 0 Å². The minimum absolute atomic E-state index is 0. The minimum Gasteiger partial charge on any atom is -0.351 e. The van der Waals surface area contributed by atoms with Gasteiger partial charge in [0.2, 0.25) is 17.8 Å². The van der Waals surface area contributed by atoms with E-state index in [1.54, 1.807) is 17.3 Å². The van der Waals surface area contributed by atoms with E-state index in [1.807, 2.05) is 23.5 Å². The molecule has 24 heteroatoms. The monoisotopic (exact) mass is 1320 g/mol. The Labute approximate surface area is 575 Å². The van der Waals surface area contributed by atoms with Crippen LogP contribution >= 0.6 is 0 Å². The number of carbonyl (C=O) groups excluding carboxylic acids is 3. The maximum absolute atomic E-state index is 12.4. The van der Waals surface area contributed by atoms with Crippen LogP contribution in [0, 0.1) is 47.8 Å². The number of nitrogens with zero attached hydrogens (tertiary/aromatic N) is 10. The fourth-order valence-electron chi connectivity index (χ4n) is 12.2. The van der Waals surface area contributed by atoms with Gasteiger partial charge in [0.05, 0.1) is 30.2 Å². The number of nitrogens with one attached hydrogen (secondary N) is 9. The van der Waals surface area contributed by atoms with Crippen LogP contribution in [-0.4, -0.2) is 143 Å². The Kier molecular flexibility index (Phi) is 29.0. The van der Waals surface area contributed by atoms with Crippen molar-refractivity contribution in [2.45, 2.75) is 147 Å². The second-order valence-corrected chi connectivity index (χ2v) is 24.5. The van der Waals surface area contributed by atoms with Crippen LogP contribution in [0.1, 0.15) is 119 Å². The summed E-state index contributed by atoms with van der Waals surface area (Å²) in [5.74, 6) is 9.71. The van der Waals surface area contributed by atoms with E-state index in [0.29, 0.717) is 114 Å². The maximum atomic E-state index is 12.4. The van der Waals surface area contributed by atoms with Crippen LogP contribution in [-0.2, 0) is 77.4 Å². The number of hydrogen-bond donors (Lipinski definition) is 11. The molecule has 13 rings (SSSR count). The summed E-state index contributed by atoms with van der Waals surface area (Å²) in [6.45, 7) is 6.67. The molecular weight excluding hydrogens is 1230 g/mol. The highest BCUT2D eigenvalue weighted by Crippen LogP contribution is 2.28. The lowest BCUT2D eigenvalue weighted by Crippen LogP contribution is -2.43. The van der Waals surface area contributed by atoms with Crippen LogP contribution in [0.2, 0.25) is 0 Å². The van der Waals surface area contributed by atoms with Crippen molar-refractivity contribution in [2.24, 2.45) is 5.73 Å². The molecule has 0 saturated carbocycles. The molecule has 98 heavy (non-hydrogen) atoms. The minimum atomic E-state index is -0.172. The summed E-state index contributed by atoms with van der Waals surface area (Å²) < 4.78 is 1.38. The van der Waals surface area contributed by atoms with Gasteiger partial charge in [-0.15, -0.1) is 37.0 Å². The van der Waals surface area contributed by atoms with Crippen molar-refractivity contribution in [1.29, 1.82) is 10.8 Å². The second-order valence-electron chi connectivity index (χ2n) is 24.5. The number of unbranched alkanes of at least 4 members (excludes halogenated alkanes) is 3. The van der Waals surface area contributed by atoms with Crippen LogP contribution in [0.3, 0.4) is 0 Å². The molecule has 3 aliphatic carbocycles. The average molecular weight is 1320 g/mol. The van der Waals surface area contributed by atoms with E-state index in [0.717, 1.165) is 125 Å². The first-order chi connectivity index (χ1) is 47.5. The van der Waals surface area contributed by atoms with E-state index in [9.17, 15) is 14.4 Å². The Morgan fingerprint density at radius 3 is 1.35 bits per heavy atom. The molecule has 5 amide bonds. The molecule has 0 bridgehead atoms. The van der Waals surface area contributed by atoms with Gasteiger partial charge in [-0.05, 0) is 111 Å². The van der Waals surface area contributed by atoms with Crippen molar-refractivity contribution >= 4 is 47.9 Å². The Morgan fingerprint density at radius 2 is 0.959 bits per heavy atom. The van der Waals surface area contributed by atoms with E-state index in [1.165, 1.54) is 55.5 Å². The number of benzene rings is 3. The van der Waals surface area contributed by atoms with E-state index < -0.39 is 0 Å². The van der Waals surface area contributed by atoms with Gasteiger partial charge in [0, 0.05) is 162 Å². The highest BCUT2D eigenvalue weighted by Gasteiger charge is 2.28. The van der Waals surface area contributed by atoms with Gasteiger partial charge >= 0.3 is 18.1 Å². The predicted molar refractivity (Wildman–Crippen MR) is 385 cm³/mol. The third-order valence-electron chi connectivity index (χ3n) is 17.3. The molecule has 3 aromatic carbocycles. The van der Waals surface area contributed by atoms with E-state index in [2.05, 4.69) is 153 Å². The molecule has 14 N–H and O–H groups in total. The number of terminal acetylenes is 3. The average Bonchev–Trinajstić information content (AvgIpc) is 1.06. The van der Waals surface area contributed by atoms with Gasteiger partial charge in [-0.25, -0.2) is 49.3 Å². The normalized spacial score (nSPS) is 14.3. The number of fused-ring (bicyclic) bond motifs is 6. The first-order valence-corrected chi connectivity index (χ1v) is 33.6. The van der Waals surface area contributed by atoms with Crippen LogP contribution in [0.5, 0.6) is 0 Å². The van der Waals surface area contributed by atoms with Crippen LogP contribution in [0.4, 0.5) is 32.2 Å². The summed E-state index contributed by atoms with van der Waals surface area (Å²) in [6.07, 6.45) is 41.0. The molecule has 0 atom stereocenters. The number of imidazole rings is 1. The van der Waals surface area contributed by atoms with Gasteiger partial charge in [0.15, 0.2) is 0 Å². The number of carbonyl (C=O) groups is 3. The number of amides is 5. The zero-order valence-electron chi connectivity index (χ0n) is 56.0. The van der Waals surface area contributed by atoms with Gasteiger partial charge in [0.25, 0.3) is 0 Å². The van der Waals surface area contributed by atoms with Gasteiger partial charge < -0.3 is 69.7 Å². The molecule has 4 aromatic heterocycles. The largest absolute Gasteiger partial charge is 0.351 e. The second kappa shape index (κ2) is 38.8. The Hall–Kier alpha value is -10.6. The Balaban J connectivity index is 0.000000167. The number of nitrogens with two attached hydrogens (primary N) is 1. The smallest absolute Gasteiger partial charge is 0.326 e. The quantitative estimate of drug-likeness (QED) is 0.0206. The zero-order valence-corrected chi connectivity index (χ0v) is 56.0. The van der Waals surface area contributed by atoms with Crippen LogP contribution in [0.25, 0.3) is 0 Å². The zero-order chi connectivity index (χ0) is 68.0. The van der Waals surface area contributed by atoms with Crippen molar-refractivity contribution in [2.75, 3.05) is 61.8 Å². The first-order valence-electron chi connectivity index (χ1n) is 33.6. The topological polar surface area (TPSA) is 346 Å². The standard InChI is InChI=1S/C22H27N7O.C22H25N5O.C16H18N4.C9H11N3O.C5H9N.H3N/c23-12-18(24)6-3-8-25-22(30)29-9-7-20-17(14-29)13-26-21(28-20)27-19-10-15-4-1-2-5-16(15)11-19;1-2-3-6-10-23-22(28)27-11-9-20-18(15-27)14-24-21(26-20)25-19-12-16-7-4-5-8-17(16)13-19;1-2-4-12-8-14(7-11(12)3-1)19-16-18-10-13-9-17-6-5-15(13)20-16;1-2-3-4-5-11-9(13)12-7-6-10-8-12;1-2-3-4-5-6;/h1-2,4-5,12-13,19,23-24H,3,6-11,14H2,(H,25,30)(H,26,27,28);1,4-5,7-8,14,19H,3,6,9-13,15H2,(H,23,28)(H,24,25,26);1-4,10,14,17H,5-9H2,(H,18,19,20);1,6-8H,3-5H2,(H,11,13);1H,3-6H2;1H3. The summed E-state index contributed by atoms with van der Waals surface area (Å²) in [6, 6.07) is 26.5. The molecule has 0 spiro atoms. The van der Waals surface area contributed by atoms with Gasteiger partial charge in [-0.3, -0.25) is 4.57 Å². The van der Waals surface area contributed by atoms with Crippen molar-refractivity contribution in [3.05, 3.63) is 177 Å². The molecule has 7 aromatic rings. The SMILES string of the molecule is C#CCCCN.C#CCCCNC(=O)N1CCc2nc(NC3Cc4ccccc4C3)ncc2C1.C#CCCCNC(=O)n1ccnc1.N.N=CC(=N)CCCNC(=O)N1CCc2nc(NC3Cc4ccccc4C3)ncc2C1.c1ccc2c(c1)CC(Nc1ncc3c(n1)CCNC3)C2. The van der Waals surface area contributed by atoms with Crippen molar-refractivity contribution in [1.82, 2.24) is 76.7 Å². The highest BCUT2D eigenvalue weighted by molar-refractivity contribution is 6.27. The lowest BCUT2D eigenvalue weighted by molar-refractivity contribution is 0.191. The lowest BCUT2D eigenvalue weighted by Gasteiger charge is -2.28. The third-order valence-corrected chi connectivity index (χ3v) is 17.3. The summed E-state index contributed by atoms with van der Waals surface area (Å²) in [4.78, 5) is 70.8. The number of anilines is 3. The summed E-state index contributed by atoms with van der Waals surface area (Å²) in [5.41, 5.74) is 20.4. The predicted octanol–water partition coefficient (Wildman–Crippen LogP) is 8.19. The maximum Gasteiger partial charge on any atom is 0.326 e. The molecule has 24 nitrogen and oxygen atoms in total. The number of aromatic nitrogens is 8. The van der Waals surface area contributed by atoms with Gasteiger partial charge in [0.1, 0.15) is 6.33 Å². The summed E-state index contributed by atoms with van der Waals surface area (Å²) >= 11 is 0. The molecular formula is C74H93N21O3. The van der Waals surface area contributed by atoms with E-state index in [-0.39, 0.29) is 30.0 Å². The molecule has 0 fully saturated rings. The van der Waals surface area contributed by atoms with Crippen LogP contribution in [0.15, 0.2) is 110 Å². The number of hydrogen-bond acceptors (Lipinski definition) is 18. The fraction of sp³-hybridized carbons (Fsp3) is 0.405. The number of rotatable bonds is 19. The summed E-state index contributed by atoms with van der Waals surface area (Å²) in [5, 5.41) is 36.8. The Morgan fingerprint density at radius 1 is 0.561 bits per heavy atom. The van der Waals surface area contributed by atoms with Crippen molar-refractivity contribution in [3.63, 3.8) is 0 Å². The molecule has 6 aliphatic rings. The number of urea groups is 2. The molecule has 0 radical (unpaired) electrons. The molecule has 0 unspecified atom stereocenters. The fourth-order valence-corrected chi connectivity index (χ4v) is 12.2. The summed E-state index contributed by atoms with van der Waals surface area (Å²) in [7, 11) is 0. The lowest BCUT2D eigenvalue weighted by atomic mass is 10.1. The molecule has 0 saturated heterocycles. The van der Waals surface area contributed by atoms with E-state index >= 15 is 0 Å². The first kappa shape index (κ1) is 73.2. The van der Waals surface area contributed by atoms with E-state index in [4.69, 9.17) is 45.8 Å². The van der Waals surface area contributed by atoms with Crippen molar-refractivity contribution in [3.8, 4) is 37.0 Å². The van der Waals surface area contributed by atoms with Gasteiger partial charge in [-0.1, -0.05) is 72.8 Å². The van der Waals surface area contributed by atoms with Crippen LogP contribution < -0.4 is 49.1 Å².